The molecule has 27 heavy (non-hydrogen) atoms. The summed E-state index contributed by atoms with van der Waals surface area (Å²) < 4.78 is 0. The summed E-state index contributed by atoms with van der Waals surface area (Å²) in [7, 11) is 0. The molecule has 1 N–H and O–H groups in total. The first-order valence-electron chi connectivity index (χ1n) is 10.3. The lowest BCUT2D eigenvalue weighted by atomic mass is 9.86. The minimum atomic E-state index is -0.721. The molecule has 1 saturated carbocycles. The van der Waals surface area contributed by atoms with Gasteiger partial charge in [0.25, 0.3) is 0 Å². The van der Waals surface area contributed by atoms with Gasteiger partial charge >= 0.3 is 5.97 Å². The number of hydrogen-bond donors (Lipinski definition) is 1. The molecule has 0 spiro atoms. The van der Waals surface area contributed by atoms with Crippen molar-refractivity contribution in [3.63, 3.8) is 0 Å². The van der Waals surface area contributed by atoms with Crippen molar-refractivity contribution in [3.05, 3.63) is 41.5 Å². The van der Waals surface area contributed by atoms with Gasteiger partial charge in [-0.25, -0.2) is 0 Å². The Morgan fingerprint density at radius 3 is 2.41 bits per heavy atom. The smallest absolute Gasteiger partial charge is 0.303 e. The van der Waals surface area contributed by atoms with Gasteiger partial charge in [0.1, 0.15) is 5.78 Å². The normalized spacial score (nSPS) is 20.5. The highest BCUT2D eigenvalue weighted by Gasteiger charge is 2.32. The van der Waals surface area contributed by atoms with Crippen LogP contribution < -0.4 is 0 Å². The van der Waals surface area contributed by atoms with Gasteiger partial charge in [-0.3, -0.25) is 9.59 Å². The zero-order chi connectivity index (χ0) is 19.9. The standard InChI is InChI=1S/C24H34O3/c1-24(2,3)20-15-11-18(12-16-20)10-13-19-14-17-22(25)21(19)8-6-4-5-7-9-23(26)27/h10-13,15-16,19,21H,4-9,14,17H2,1-3H3,(H,26,27). The van der Waals surface area contributed by atoms with Crippen LogP contribution in [0.15, 0.2) is 30.3 Å². The van der Waals surface area contributed by atoms with Crippen LogP contribution in [0.4, 0.5) is 0 Å². The van der Waals surface area contributed by atoms with E-state index >= 15 is 0 Å². The van der Waals surface area contributed by atoms with Gasteiger partial charge in [-0.2, -0.15) is 0 Å². The molecule has 0 aromatic heterocycles. The molecule has 1 fully saturated rings. The summed E-state index contributed by atoms with van der Waals surface area (Å²) in [6, 6.07) is 8.69. The Kier molecular flexibility index (Phi) is 7.82. The molecule has 1 aromatic rings. The number of unbranched alkanes of at least 4 members (excludes halogenated alkanes) is 3. The minimum Gasteiger partial charge on any atom is -0.481 e. The molecule has 2 rings (SSSR count). The largest absolute Gasteiger partial charge is 0.481 e. The summed E-state index contributed by atoms with van der Waals surface area (Å²) in [6.07, 6.45) is 10.9. The van der Waals surface area contributed by atoms with Crippen LogP contribution in [0.25, 0.3) is 6.08 Å². The maximum atomic E-state index is 12.2. The lowest BCUT2D eigenvalue weighted by Crippen LogP contribution is -2.13. The van der Waals surface area contributed by atoms with E-state index in [1.165, 1.54) is 11.1 Å². The van der Waals surface area contributed by atoms with E-state index in [-0.39, 0.29) is 17.8 Å². The van der Waals surface area contributed by atoms with Crippen molar-refractivity contribution in [2.75, 3.05) is 0 Å². The van der Waals surface area contributed by atoms with Gasteiger partial charge in [0.15, 0.2) is 0 Å². The lowest BCUT2D eigenvalue weighted by Gasteiger charge is -2.19. The molecule has 3 heteroatoms. The Balaban J connectivity index is 1.84. The van der Waals surface area contributed by atoms with Crippen molar-refractivity contribution < 1.29 is 14.7 Å². The Labute approximate surface area is 163 Å². The molecule has 1 aliphatic carbocycles. The number of hydrogen-bond acceptors (Lipinski definition) is 2. The number of allylic oxidation sites excluding steroid dienone is 1. The Morgan fingerprint density at radius 2 is 1.78 bits per heavy atom. The molecule has 1 aliphatic rings. The summed E-state index contributed by atoms with van der Waals surface area (Å²) in [5.74, 6) is 0.174. The van der Waals surface area contributed by atoms with Crippen LogP contribution in [0.1, 0.15) is 83.3 Å². The van der Waals surface area contributed by atoms with E-state index in [0.717, 1.165) is 38.5 Å². The van der Waals surface area contributed by atoms with E-state index in [1.54, 1.807) is 0 Å². The van der Waals surface area contributed by atoms with Gasteiger partial charge in [-0.1, -0.05) is 76.5 Å². The molecule has 0 saturated heterocycles. The fraction of sp³-hybridized carbons (Fsp3) is 0.583. The third kappa shape index (κ3) is 6.97. The summed E-state index contributed by atoms with van der Waals surface area (Å²) in [6.45, 7) is 6.65. The van der Waals surface area contributed by atoms with Crippen molar-refractivity contribution >= 4 is 17.8 Å². The van der Waals surface area contributed by atoms with Crippen molar-refractivity contribution in [2.24, 2.45) is 11.8 Å². The quantitative estimate of drug-likeness (QED) is 0.541. The van der Waals surface area contributed by atoms with Crippen molar-refractivity contribution in [1.29, 1.82) is 0 Å². The van der Waals surface area contributed by atoms with Crippen LogP contribution in [0.5, 0.6) is 0 Å². The molecule has 1 aromatic carbocycles. The maximum Gasteiger partial charge on any atom is 0.303 e. The number of carbonyl (C=O) groups is 2. The van der Waals surface area contributed by atoms with E-state index in [4.69, 9.17) is 5.11 Å². The number of carbonyl (C=O) groups excluding carboxylic acids is 1. The van der Waals surface area contributed by atoms with Gasteiger partial charge in [0, 0.05) is 18.8 Å². The van der Waals surface area contributed by atoms with E-state index in [9.17, 15) is 9.59 Å². The van der Waals surface area contributed by atoms with Gasteiger partial charge in [0.2, 0.25) is 0 Å². The summed E-state index contributed by atoms with van der Waals surface area (Å²) in [5.41, 5.74) is 2.68. The first-order chi connectivity index (χ1) is 12.8. The zero-order valence-electron chi connectivity index (χ0n) is 17.0. The summed E-state index contributed by atoms with van der Waals surface area (Å²) in [5, 5.41) is 8.67. The predicted molar refractivity (Wildman–Crippen MR) is 111 cm³/mol. The number of carboxylic acids is 1. The molecular weight excluding hydrogens is 336 g/mol. The fourth-order valence-corrected chi connectivity index (χ4v) is 3.86. The van der Waals surface area contributed by atoms with Crippen LogP contribution >= 0.6 is 0 Å². The van der Waals surface area contributed by atoms with E-state index in [1.807, 2.05) is 0 Å². The summed E-state index contributed by atoms with van der Waals surface area (Å²) >= 11 is 0. The number of benzene rings is 1. The summed E-state index contributed by atoms with van der Waals surface area (Å²) in [4.78, 5) is 22.8. The van der Waals surface area contributed by atoms with Crippen LogP contribution in [-0.4, -0.2) is 16.9 Å². The second-order valence-electron chi connectivity index (χ2n) is 8.85. The second-order valence-corrected chi connectivity index (χ2v) is 8.85. The second kappa shape index (κ2) is 9.87. The first-order valence-corrected chi connectivity index (χ1v) is 10.3. The van der Waals surface area contributed by atoms with Crippen molar-refractivity contribution in [1.82, 2.24) is 0 Å². The highest BCUT2D eigenvalue weighted by Crippen LogP contribution is 2.34. The molecule has 2 unspecified atom stereocenters. The third-order valence-electron chi connectivity index (χ3n) is 5.62. The molecule has 3 nitrogen and oxygen atoms in total. The monoisotopic (exact) mass is 370 g/mol. The van der Waals surface area contributed by atoms with Gasteiger partial charge in [-0.05, 0) is 41.7 Å². The van der Waals surface area contributed by atoms with E-state index in [0.29, 0.717) is 18.1 Å². The topological polar surface area (TPSA) is 54.4 Å². The third-order valence-corrected chi connectivity index (χ3v) is 5.62. The first kappa shape index (κ1) is 21.4. The number of ketones is 1. The molecule has 2 atom stereocenters. The number of Topliss-reactive ketones (excluding diaryl/α,β-unsaturated/α-hetero) is 1. The zero-order valence-corrected chi connectivity index (χ0v) is 17.0. The molecular formula is C24H34O3. The molecule has 0 bridgehead atoms. The molecule has 0 aliphatic heterocycles. The van der Waals surface area contributed by atoms with Gasteiger partial charge in [-0.15, -0.1) is 0 Å². The van der Waals surface area contributed by atoms with E-state index in [2.05, 4.69) is 57.2 Å². The van der Waals surface area contributed by atoms with Gasteiger partial charge in [0.05, 0.1) is 0 Å². The lowest BCUT2D eigenvalue weighted by molar-refractivity contribution is -0.137. The average molecular weight is 371 g/mol. The highest BCUT2D eigenvalue weighted by atomic mass is 16.4. The maximum absolute atomic E-state index is 12.2. The number of carboxylic acid groups (broad SMARTS) is 1. The van der Waals surface area contributed by atoms with Gasteiger partial charge < -0.3 is 5.11 Å². The van der Waals surface area contributed by atoms with Crippen molar-refractivity contribution in [3.8, 4) is 0 Å². The predicted octanol–water partition coefficient (Wildman–Crippen LogP) is 6.02. The van der Waals surface area contributed by atoms with E-state index < -0.39 is 5.97 Å². The Bertz CT molecular complexity index is 649. The number of aliphatic carboxylic acids is 1. The van der Waals surface area contributed by atoms with Crippen LogP contribution in [0.2, 0.25) is 0 Å². The Hall–Kier alpha value is -1.90. The van der Waals surface area contributed by atoms with Crippen LogP contribution in [0.3, 0.4) is 0 Å². The van der Waals surface area contributed by atoms with Crippen molar-refractivity contribution in [2.45, 2.75) is 77.6 Å². The highest BCUT2D eigenvalue weighted by molar-refractivity contribution is 5.84. The molecule has 148 valence electrons. The van der Waals surface area contributed by atoms with Crippen LogP contribution in [-0.2, 0) is 15.0 Å². The SMILES string of the molecule is CC(C)(C)c1ccc(C=CC2CCC(=O)C2CCCCCCC(=O)O)cc1. The number of rotatable bonds is 9. The molecule has 0 radical (unpaired) electrons. The fourth-order valence-electron chi connectivity index (χ4n) is 3.86. The molecule has 0 amide bonds. The average Bonchev–Trinajstić information content (AvgIpc) is 2.95. The minimum absolute atomic E-state index is 0.148. The molecule has 0 heterocycles. The Morgan fingerprint density at radius 1 is 1.11 bits per heavy atom. The van der Waals surface area contributed by atoms with Crippen LogP contribution in [0, 0.1) is 11.8 Å².